The molecule has 2 fully saturated rings. The number of anilines is 1. The number of aromatic nitrogens is 2. The van der Waals surface area contributed by atoms with Gasteiger partial charge in [-0.25, -0.2) is 0 Å². The van der Waals surface area contributed by atoms with Gasteiger partial charge in [-0.1, -0.05) is 29.0 Å². The molecule has 1 atom stereocenters. The minimum Gasteiger partial charge on any atom is -0.361 e. The minimum atomic E-state index is -4.06. The van der Waals surface area contributed by atoms with Crippen LogP contribution >= 0.6 is 11.3 Å². The Balaban J connectivity index is 1.38. The summed E-state index contributed by atoms with van der Waals surface area (Å²) in [5, 5.41) is 0.963. The molecule has 0 spiro atoms. The van der Waals surface area contributed by atoms with Crippen LogP contribution < -0.4 is 14.6 Å². The highest BCUT2D eigenvalue weighted by atomic mass is 32.2. The molecule has 2 aliphatic heterocycles. The van der Waals surface area contributed by atoms with Crippen LogP contribution in [0, 0.1) is 6.92 Å². The normalized spacial score (nSPS) is 20.0. The van der Waals surface area contributed by atoms with E-state index in [0.29, 0.717) is 11.0 Å². The number of aryl methyl sites for hydroxylation is 1. The van der Waals surface area contributed by atoms with Crippen LogP contribution in [0.1, 0.15) is 24.8 Å². The van der Waals surface area contributed by atoms with Crippen molar-refractivity contribution < 1.29 is 12.6 Å². The highest BCUT2D eigenvalue weighted by molar-refractivity contribution is 7.87. The van der Waals surface area contributed by atoms with Crippen LogP contribution in [0.5, 0.6) is 5.88 Å². The van der Waals surface area contributed by atoms with Gasteiger partial charge in [0.25, 0.3) is 5.56 Å². The van der Waals surface area contributed by atoms with Crippen molar-refractivity contribution in [2.24, 2.45) is 0 Å². The molecule has 0 amide bonds. The third-order valence-corrected chi connectivity index (χ3v) is 8.25. The molecule has 5 rings (SSSR count). The summed E-state index contributed by atoms with van der Waals surface area (Å²) in [4.78, 5) is 22.2. The lowest BCUT2D eigenvalue weighted by atomic mass is 10.2. The van der Waals surface area contributed by atoms with Crippen LogP contribution in [0.25, 0.3) is 4.96 Å². The summed E-state index contributed by atoms with van der Waals surface area (Å²) in [7, 11) is -4.06. The Hall–Kier alpha value is -2.43. The molecule has 2 saturated heterocycles. The summed E-state index contributed by atoms with van der Waals surface area (Å²) in [5.41, 5.74) is 0.577. The smallest absolute Gasteiger partial charge is 0.340 e. The SMILES string of the molecule is Cc1ccc(S(=O)(=O)Oc2cc(=O)n3cc(N4CC[C@H](N5CCCC5)C4)sc3n2)cc1. The first kappa shape index (κ1) is 20.5. The number of hydrogen-bond acceptors (Lipinski definition) is 8. The number of nitrogens with zero attached hydrogens (tertiary/aromatic N) is 4. The molecule has 0 bridgehead atoms. The third-order valence-electron chi connectivity index (χ3n) is 5.97. The predicted octanol–water partition coefficient (Wildman–Crippen LogP) is 2.51. The number of fused-ring (bicyclic) bond motifs is 1. The quantitative estimate of drug-likeness (QED) is 0.541. The molecule has 31 heavy (non-hydrogen) atoms. The second-order valence-corrected chi connectivity index (χ2v) is 10.7. The summed E-state index contributed by atoms with van der Waals surface area (Å²) in [5.74, 6) is -0.213. The van der Waals surface area contributed by atoms with Gasteiger partial charge < -0.3 is 9.08 Å². The van der Waals surface area contributed by atoms with E-state index in [9.17, 15) is 13.2 Å². The van der Waals surface area contributed by atoms with E-state index in [0.717, 1.165) is 36.1 Å². The summed E-state index contributed by atoms with van der Waals surface area (Å²) >= 11 is 1.38. The minimum absolute atomic E-state index is 0.0250. The van der Waals surface area contributed by atoms with Gasteiger partial charge in [0.2, 0.25) is 10.8 Å². The van der Waals surface area contributed by atoms with E-state index in [1.807, 2.05) is 6.92 Å². The lowest BCUT2D eigenvalue weighted by molar-refractivity contribution is 0.260. The number of benzene rings is 1. The molecular weight excluding hydrogens is 436 g/mol. The zero-order chi connectivity index (χ0) is 21.6. The summed E-state index contributed by atoms with van der Waals surface area (Å²) in [6, 6.07) is 8.01. The average Bonchev–Trinajstić information content (AvgIpc) is 3.47. The molecule has 1 aromatic carbocycles. The van der Waals surface area contributed by atoms with E-state index in [4.69, 9.17) is 4.18 Å². The Morgan fingerprint density at radius 2 is 1.87 bits per heavy atom. The lowest BCUT2D eigenvalue weighted by Gasteiger charge is -2.23. The average molecular weight is 461 g/mol. The molecule has 8 nitrogen and oxygen atoms in total. The number of hydrogen-bond donors (Lipinski definition) is 0. The van der Waals surface area contributed by atoms with Crippen LogP contribution in [-0.2, 0) is 10.1 Å². The van der Waals surface area contributed by atoms with Crippen molar-refractivity contribution in [3.63, 3.8) is 0 Å². The van der Waals surface area contributed by atoms with Crippen LogP contribution in [0.2, 0.25) is 0 Å². The van der Waals surface area contributed by atoms with Crippen LogP contribution in [0.3, 0.4) is 0 Å². The van der Waals surface area contributed by atoms with E-state index in [2.05, 4.69) is 14.8 Å². The van der Waals surface area contributed by atoms with Gasteiger partial charge in [-0.2, -0.15) is 13.4 Å². The molecule has 0 saturated carbocycles. The van der Waals surface area contributed by atoms with Gasteiger partial charge in [0.15, 0.2) is 0 Å². The highest BCUT2D eigenvalue weighted by Gasteiger charge is 2.30. The van der Waals surface area contributed by atoms with E-state index in [1.165, 1.54) is 53.8 Å². The zero-order valence-corrected chi connectivity index (χ0v) is 18.9. The Morgan fingerprint density at radius 3 is 2.61 bits per heavy atom. The maximum atomic E-state index is 12.6. The van der Waals surface area contributed by atoms with Crippen molar-refractivity contribution in [3.05, 3.63) is 52.4 Å². The van der Waals surface area contributed by atoms with Crippen LogP contribution in [0.4, 0.5) is 5.00 Å². The molecule has 3 aromatic rings. The molecule has 10 heteroatoms. The van der Waals surface area contributed by atoms with Crippen molar-refractivity contribution in [3.8, 4) is 5.88 Å². The molecule has 0 N–H and O–H groups in total. The molecule has 2 aliphatic rings. The predicted molar refractivity (Wildman–Crippen MR) is 120 cm³/mol. The topological polar surface area (TPSA) is 84.2 Å². The standard InChI is InChI=1S/C21H24N4O4S2/c1-15-4-6-17(7-5-15)31(27,28)29-18-12-19(26)25-14-20(30-21(25)22-18)24-11-8-16(13-24)23-9-2-3-10-23/h4-7,12,14,16H,2-3,8-11,13H2,1H3/t16-/m0/s1. The van der Waals surface area contributed by atoms with Gasteiger partial charge in [0, 0.05) is 25.3 Å². The molecule has 0 unspecified atom stereocenters. The fourth-order valence-electron chi connectivity index (χ4n) is 4.27. The molecule has 4 heterocycles. The Kier molecular flexibility index (Phi) is 5.23. The zero-order valence-electron chi connectivity index (χ0n) is 17.2. The highest BCUT2D eigenvalue weighted by Crippen LogP contribution is 2.31. The van der Waals surface area contributed by atoms with Crippen molar-refractivity contribution in [1.29, 1.82) is 0 Å². The molecule has 0 radical (unpaired) electrons. The first-order valence-electron chi connectivity index (χ1n) is 10.4. The Morgan fingerprint density at radius 1 is 1.13 bits per heavy atom. The van der Waals surface area contributed by atoms with E-state index in [1.54, 1.807) is 18.3 Å². The van der Waals surface area contributed by atoms with Gasteiger partial charge in [-0.05, 0) is 51.4 Å². The fraction of sp³-hybridized carbons (Fsp3) is 0.429. The van der Waals surface area contributed by atoms with Crippen LogP contribution in [0.15, 0.2) is 46.2 Å². The summed E-state index contributed by atoms with van der Waals surface area (Å²) in [6.45, 7) is 6.08. The molecule has 0 aliphatic carbocycles. The van der Waals surface area contributed by atoms with Crippen molar-refractivity contribution in [2.45, 2.75) is 37.1 Å². The van der Waals surface area contributed by atoms with Gasteiger partial charge in [0.05, 0.1) is 6.07 Å². The second-order valence-electron chi connectivity index (χ2n) is 8.14. The first-order valence-corrected chi connectivity index (χ1v) is 12.6. The van der Waals surface area contributed by atoms with E-state index < -0.39 is 10.1 Å². The third kappa shape index (κ3) is 4.07. The molecular formula is C21H24N4O4S2. The van der Waals surface area contributed by atoms with Gasteiger partial charge in [0.1, 0.15) is 9.90 Å². The monoisotopic (exact) mass is 460 g/mol. The fourth-order valence-corrected chi connectivity index (χ4v) is 6.16. The van der Waals surface area contributed by atoms with Crippen LogP contribution in [-0.4, -0.2) is 54.9 Å². The first-order chi connectivity index (χ1) is 14.9. The van der Waals surface area contributed by atoms with E-state index in [-0.39, 0.29) is 16.3 Å². The Labute approximate surface area is 184 Å². The number of thiazole rings is 1. The maximum absolute atomic E-state index is 12.6. The Bertz CT molecular complexity index is 1260. The van der Waals surface area contributed by atoms with Gasteiger partial charge in [-0.3, -0.25) is 14.1 Å². The molecule has 164 valence electrons. The number of likely N-dealkylation sites (tertiary alicyclic amines) is 1. The molecule has 2 aromatic heterocycles. The second kappa shape index (κ2) is 7.92. The van der Waals surface area contributed by atoms with Gasteiger partial charge in [-0.15, -0.1) is 0 Å². The summed E-state index contributed by atoms with van der Waals surface area (Å²) in [6.07, 6.45) is 5.44. The van der Waals surface area contributed by atoms with E-state index >= 15 is 0 Å². The van der Waals surface area contributed by atoms with Gasteiger partial charge >= 0.3 is 10.1 Å². The van der Waals surface area contributed by atoms with Crippen molar-refractivity contribution in [2.75, 3.05) is 31.1 Å². The summed E-state index contributed by atoms with van der Waals surface area (Å²) < 4.78 is 31.7. The lowest BCUT2D eigenvalue weighted by Crippen LogP contribution is -2.35. The largest absolute Gasteiger partial charge is 0.361 e. The van der Waals surface area contributed by atoms with Crippen molar-refractivity contribution >= 4 is 31.4 Å². The number of rotatable bonds is 5. The maximum Gasteiger partial charge on any atom is 0.340 e. The van der Waals surface area contributed by atoms with Crippen molar-refractivity contribution in [1.82, 2.24) is 14.3 Å².